The second-order valence-electron chi connectivity index (χ2n) is 5.40. The summed E-state index contributed by atoms with van der Waals surface area (Å²) in [5.41, 5.74) is 0.881. The predicted octanol–water partition coefficient (Wildman–Crippen LogP) is 2.26. The van der Waals surface area contributed by atoms with Crippen molar-refractivity contribution in [3.8, 4) is 6.07 Å². The summed E-state index contributed by atoms with van der Waals surface area (Å²) < 4.78 is 27.0. The molecule has 1 amide bonds. The summed E-state index contributed by atoms with van der Waals surface area (Å²) in [6.07, 6.45) is 0. The molecule has 0 radical (unpaired) electrons. The van der Waals surface area contributed by atoms with Crippen molar-refractivity contribution in [3.63, 3.8) is 0 Å². The number of hydrogen-bond acceptors (Lipinski definition) is 5. The molecule has 1 heterocycles. The lowest BCUT2D eigenvalue weighted by Gasteiger charge is -2.22. The SMILES string of the molecule is N#Cc1cccc(S(=O)(=O)N2CSCC2C(=O)Nc2ccccc2)c1. The highest BCUT2D eigenvalue weighted by Gasteiger charge is 2.40. The topological polar surface area (TPSA) is 90.3 Å². The second-order valence-corrected chi connectivity index (χ2v) is 8.29. The van der Waals surface area contributed by atoms with Gasteiger partial charge in [0.25, 0.3) is 0 Å². The number of amides is 1. The van der Waals surface area contributed by atoms with Gasteiger partial charge in [-0.25, -0.2) is 8.42 Å². The normalized spacial score (nSPS) is 17.8. The molecule has 8 heteroatoms. The third-order valence-electron chi connectivity index (χ3n) is 3.76. The molecule has 2 aromatic carbocycles. The fourth-order valence-electron chi connectivity index (χ4n) is 2.48. The average Bonchev–Trinajstić information content (AvgIpc) is 3.13. The van der Waals surface area contributed by atoms with Crippen LogP contribution in [-0.4, -0.2) is 36.3 Å². The summed E-state index contributed by atoms with van der Waals surface area (Å²) >= 11 is 1.38. The minimum Gasteiger partial charge on any atom is -0.325 e. The third-order valence-corrected chi connectivity index (χ3v) is 6.78. The lowest BCUT2D eigenvalue weighted by atomic mass is 10.2. The van der Waals surface area contributed by atoms with Crippen LogP contribution in [0.3, 0.4) is 0 Å². The minimum atomic E-state index is -3.86. The number of thioether (sulfide) groups is 1. The Balaban J connectivity index is 1.85. The Morgan fingerprint density at radius 2 is 1.96 bits per heavy atom. The van der Waals surface area contributed by atoms with Gasteiger partial charge in [-0.3, -0.25) is 4.79 Å². The van der Waals surface area contributed by atoms with E-state index < -0.39 is 16.1 Å². The van der Waals surface area contributed by atoms with Crippen LogP contribution in [-0.2, 0) is 14.8 Å². The Kier molecular flexibility index (Phi) is 5.08. The quantitative estimate of drug-likeness (QED) is 0.888. The number of anilines is 1. The Bertz CT molecular complexity index is 924. The standard InChI is InChI=1S/C17H15N3O3S2/c18-10-13-5-4-8-15(9-13)25(22,23)20-12-24-11-16(20)17(21)19-14-6-2-1-3-7-14/h1-9,16H,11-12H2,(H,19,21). The number of nitrogens with zero attached hydrogens (tertiary/aromatic N) is 2. The van der Waals surface area contributed by atoms with Gasteiger partial charge in [-0.1, -0.05) is 24.3 Å². The van der Waals surface area contributed by atoms with Gasteiger partial charge in [0.05, 0.1) is 22.4 Å². The van der Waals surface area contributed by atoms with Crippen molar-refractivity contribution in [2.75, 3.05) is 16.9 Å². The fourth-order valence-corrected chi connectivity index (χ4v) is 5.67. The zero-order valence-electron chi connectivity index (χ0n) is 13.1. The van der Waals surface area contributed by atoms with E-state index in [-0.39, 0.29) is 22.2 Å². The number of carbonyl (C=O) groups excluding carboxylic acids is 1. The maximum Gasteiger partial charge on any atom is 0.244 e. The van der Waals surface area contributed by atoms with Crippen LogP contribution in [0.4, 0.5) is 5.69 Å². The molecule has 3 rings (SSSR count). The number of sulfonamides is 1. The summed E-state index contributed by atoms with van der Waals surface area (Å²) in [6.45, 7) is 0. The molecule has 1 aliphatic rings. The molecule has 0 spiro atoms. The molecule has 128 valence electrons. The fraction of sp³-hybridized carbons (Fsp3) is 0.176. The van der Waals surface area contributed by atoms with Crippen molar-refractivity contribution in [1.82, 2.24) is 4.31 Å². The van der Waals surface area contributed by atoms with E-state index in [2.05, 4.69) is 5.32 Å². The highest BCUT2D eigenvalue weighted by molar-refractivity contribution is 8.00. The molecule has 0 bridgehead atoms. The number of rotatable bonds is 4. The molecule has 0 aromatic heterocycles. The molecule has 0 aliphatic carbocycles. The highest BCUT2D eigenvalue weighted by atomic mass is 32.2. The molecule has 1 atom stereocenters. The Hall–Kier alpha value is -2.34. The van der Waals surface area contributed by atoms with Crippen molar-refractivity contribution in [2.24, 2.45) is 0 Å². The summed E-state index contributed by atoms with van der Waals surface area (Å²) in [5.74, 6) is 0.221. The summed E-state index contributed by atoms with van der Waals surface area (Å²) in [7, 11) is -3.86. The number of para-hydroxylation sites is 1. The van der Waals surface area contributed by atoms with Crippen molar-refractivity contribution in [1.29, 1.82) is 5.26 Å². The summed E-state index contributed by atoms with van der Waals surface area (Å²) in [6, 6.07) is 15.9. The van der Waals surface area contributed by atoms with Gasteiger partial charge in [-0.2, -0.15) is 9.57 Å². The van der Waals surface area contributed by atoms with Crippen LogP contribution in [0.2, 0.25) is 0 Å². The Morgan fingerprint density at radius 3 is 2.68 bits per heavy atom. The van der Waals surface area contributed by atoms with Gasteiger partial charge in [-0.05, 0) is 30.3 Å². The van der Waals surface area contributed by atoms with Crippen LogP contribution >= 0.6 is 11.8 Å². The van der Waals surface area contributed by atoms with Gasteiger partial charge in [0, 0.05) is 11.4 Å². The molecule has 1 saturated heterocycles. The van der Waals surface area contributed by atoms with E-state index in [1.807, 2.05) is 12.1 Å². The Labute approximate surface area is 150 Å². The first-order chi connectivity index (χ1) is 12.0. The monoisotopic (exact) mass is 373 g/mol. The van der Waals surface area contributed by atoms with Crippen molar-refractivity contribution in [2.45, 2.75) is 10.9 Å². The van der Waals surface area contributed by atoms with Gasteiger partial charge in [0.15, 0.2) is 0 Å². The number of benzene rings is 2. The molecule has 6 nitrogen and oxygen atoms in total. The molecule has 25 heavy (non-hydrogen) atoms. The van der Waals surface area contributed by atoms with E-state index in [0.717, 1.165) is 0 Å². The number of nitrogens with one attached hydrogen (secondary N) is 1. The smallest absolute Gasteiger partial charge is 0.244 e. The van der Waals surface area contributed by atoms with E-state index in [9.17, 15) is 13.2 Å². The van der Waals surface area contributed by atoms with Crippen molar-refractivity contribution >= 4 is 33.4 Å². The average molecular weight is 373 g/mol. The summed E-state index contributed by atoms with van der Waals surface area (Å²) in [5, 5.41) is 11.7. The van der Waals surface area contributed by atoms with Crippen LogP contribution in [0.5, 0.6) is 0 Å². The van der Waals surface area contributed by atoms with E-state index >= 15 is 0 Å². The van der Waals surface area contributed by atoms with Crippen LogP contribution < -0.4 is 5.32 Å². The maximum absolute atomic E-state index is 12.9. The van der Waals surface area contributed by atoms with E-state index in [0.29, 0.717) is 11.4 Å². The number of carbonyl (C=O) groups is 1. The lowest BCUT2D eigenvalue weighted by molar-refractivity contribution is -0.118. The van der Waals surface area contributed by atoms with E-state index in [1.54, 1.807) is 24.3 Å². The van der Waals surface area contributed by atoms with Crippen LogP contribution in [0.15, 0.2) is 59.5 Å². The Morgan fingerprint density at radius 1 is 1.20 bits per heavy atom. The highest BCUT2D eigenvalue weighted by Crippen LogP contribution is 2.29. The first-order valence-electron chi connectivity index (χ1n) is 7.48. The van der Waals surface area contributed by atoms with Crippen LogP contribution in [0.1, 0.15) is 5.56 Å². The zero-order chi connectivity index (χ0) is 17.9. The molecule has 1 unspecified atom stereocenters. The molecule has 1 N–H and O–H groups in total. The molecular weight excluding hydrogens is 358 g/mol. The molecule has 1 aliphatic heterocycles. The molecule has 0 saturated carbocycles. The summed E-state index contributed by atoms with van der Waals surface area (Å²) in [4.78, 5) is 12.6. The number of hydrogen-bond donors (Lipinski definition) is 1. The molecular formula is C17H15N3O3S2. The van der Waals surface area contributed by atoms with Gasteiger partial charge in [0.1, 0.15) is 6.04 Å². The van der Waals surface area contributed by atoms with Crippen LogP contribution in [0, 0.1) is 11.3 Å². The molecule has 1 fully saturated rings. The largest absolute Gasteiger partial charge is 0.325 e. The zero-order valence-corrected chi connectivity index (χ0v) is 14.8. The maximum atomic E-state index is 12.9. The number of nitriles is 1. The third kappa shape index (κ3) is 3.69. The lowest BCUT2D eigenvalue weighted by Crippen LogP contribution is -2.44. The predicted molar refractivity (Wildman–Crippen MR) is 96.4 cm³/mol. The van der Waals surface area contributed by atoms with Crippen molar-refractivity contribution in [3.05, 3.63) is 60.2 Å². The van der Waals surface area contributed by atoms with Gasteiger partial charge in [0.2, 0.25) is 15.9 Å². The second kappa shape index (κ2) is 7.27. The van der Waals surface area contributed by atoms with E-state index in [1.165, 1.54) is 40.3 Å². The van der Waals surface area contributed by atoms with Gasteiger partial charge >= 0.3 is 0 Å². The first-order valence-corrected chi connectivity index (χ1v) is 10.1. The van der Waals surface area contributed by atoms with Crippen molar-refractivity contribution < 1.29 is 13.2 Å². The van der Waals surface area contributed by atoms with E-state index in [4.69, 9.17) is 5.26 Å². The van der Waals surface area contributed by atoms with Gasteiger partial charge in [-0.15, -0.1) is 11.8 Å². The van der Waals surface area contributed by atoms with Gasteiger partial charge < -0.3 is 5.32 Å². The molecule has 2 aromatic rings. The first kappa shape index (κ1) is 17.5. The minimum absolute atomic E-state index is 0.0200. The van der Waals surface area contributed by atoms with Crippen LogP contribution in [0.25, 0.3) is 0 Å².